The van der Waals surface area contributed by atoms with Crippen molar-refractivity contribution in [2.45, 2.75) is 26.3 Å². The van der Waals surface area contributed by atoms with Crippen molar-refractivity contribution in [3.05, 3.63) is 59.7 Å². The Balaban J connectivity index is 1.76. The minimum Gasteiger partial charge on any atom is -0.497 e. The van der Waals surface area contributed by atoms with E-state index >= 15 is 0 Å². The number of anilines is 1. The molecular weight excluding hydrogens is 330 g/mol. The van der Waals surface area contributed by atoms with Crippen LogP contribution in [0.25, 0.3) is 11.4 Å². The van der Waals surface area contributed by atoms with Crippen LogP contribution in [0.2, 0.25) is 0 Å². The van der Waals surface area contributed by atoms with E-state index in [4.69, 9.17) is 14.1 Å². The average Bonchev–Trinajstić information content (AvgIpc) is 3.17. The summed E-state index contributed by atoms with van der Waals surface area (Å²) < 4.78 is 10.6. The molecule has 0 unspecified atom stereocenters. The third-order valence-electron chi connectivity index (χ3n) is 4.58. The number of aromatic nitrogens is 2. The van der Waals surface area contributed by atoms with E-state index in [9.17, 15) is 4.79 Å². The summed E-state index contributed by atoms with van der Waals surface area (Å²) in [6.45, 7) is 2.34. The number of ether oxygens (including phenoxy) is 1. The molecule has 1 aliphatic heterocycles. The van der Waals surface area contributed by atoms with Crippen LogP contribution in [0, 0.1) is 6.92 Å². The topological polar surface area (TPSA) is 68.5 Å². The molecule has 1 aliphatic rings. The van der Waals surface area contributed by atoms with Gasteiger partial charge >= 0.3 is 0 Å². The van der Waals surface area contributed by atoms with Crippen LogP contribution in [-0.4, -0.2) is 23.0 Å². The molecule has 1 aromatic carbocycles. The Morgan fingerprint density at radius 3 is 2.65 bits per heavy atom. The Hall–Kier alpha value is -3.15. The van der Waals surface area contributed by atoms with Gasteiger partial charge in [-0.2, -0.15) is 0 Å². The molecule has 0 saturated heterocycles. The van der Waals surface area contributed by atoms with Gasteiger partial charge in [0, 0.05) is 23.2 Å². The van der Waals surface area contributed by atoms with Gasteiger partial charge in [-0.15, -0.1) is 0 Å². The SMILES string of the molecule is COc1ccc(-c2nc(C)c3c(n2)N(Cc2ccco2)C(=O)CC3)cc1. The van der Waals surface area contributed by atoms with Crippen LogP contribution in [0.15, 0.2) is 47.1 Å². The van der Waals surface area contributed by atoms with Gasteiger partial charge in [-0.05, 0) is 49.7 Å². The Morgan fingerprint density at radius 2 is 1.96 bits per heavy atom. The van der Waals surface area contributed by atoms with E-state index in [1.165, 1.54) is 0 Å². The lowest BCUT2D eigenvalue weighted by Gasteiger charge is -2.28. The summed E-state index contributed by atoms with van der Waals surface area (Å²) in [5.74, 6) is 2.83. The molecule has 3 heterocycles. The quantitative estimate of drug-likeness (QED) is 0.721. The van der Waals surface area contributed by atoms with Gasteiger partial charge in [-0.25, -0.2) is 9.97 Å². The van der Waals surface area contributed by atoms with E-state index < -0.39 is 0 Å². The van der Waals surface area contributed by atoms with Crippen LogP contribution >= 0.6 is 0 Å². The van der Waals surface area contributed by atoms with Gasteiger partial charge in [-0.1, -0.05) is 0 Å². The molecule has 26 heavy (non-hydrogen) atoms. The first kappa shape index (κ1) is 16.3. The lowest BCUT2D eigenvalue weighted by Crippen LogP contribution is -2.36. The first-order chi connectivity index (χ1) is 12.7. The van der Waals surface area contributed by atoms with E-state index in [1.54, 1.807) is 18.3 Å². The van der Waals surface area contributed by atoms with Gasteiger partial charge in [-0.3, -0.25) is 9.69 Å². The molecule has 0 fully saturated rings. The van der Waals surface area contributed by atoms with E-state index in [2.05, 4.69) is 4.98 Å². The molecule has 0 atom stereocenters. The minimum atomic E-state index is 0.0488. The summed E-state index contributed by atoms with van der Waals surface area (Å²) >= 11 is 0. The number of nitrogens with zero attached hydrogens (tertiary/aromatic N) is 3. The van der Waals surface area contributed by atoms with E-state index in [1.807, 2.05) is 43.3 Å². The second kappa shape index (κ2) is 6.63. The maximum atomic E-state index is 12.5. The van der Waals surface area contributed by atoms with Crippen LogP contribution < -0.4 is 9.64 Å². The molecule has 6 nitrogen and oxygen atoms in total. The molecule has 0 aliphatic carbocycles. The zero-order valence-electron chi connectivity index (χ0n) is 14.7. The van der Waals surface area contributed by atoms with Crippen molar-refractivity contribution in [1.29, 1.82) is 0 Å². The number of rotatable bonds is 4. The predicted molar refractivity (Wildman–Crippen MR) is 97.0 cm³/mol. The summed E-state index contributed by atoms with van der Waals surface area (Å²) in [7, 11) is 1.63. The summed E-state index contributed by atoms with van der Waals surface area (Å²) in [4.78, 5) is 23.6. The summed E-state index contributed by atoms with van der Waals surface area (Å²) in [5, 5.41) is 0. The maximum Gasteiger partial charge on any atom is 0.228 e. The molecule has 0 saturated carbocycles. The lowest BCUT2D eigenvalue weighted by molar-refractivity contribution is -0.119. The largest absolute Gasteiger partial charge is 0.497 e. The molecule has 6 heteroatoms. The molecule has 132 valence electrons. The number of amides is 1. The van der Waals surface area contributed by atoms with Crippen LogP contribution in [0.1, 0.15) is 23.4 Å². The van der Waals surface area contributed by atoms with Crippen LogP contribution in [0.4, 0.5) is 5.82 Å². The summed E-state index contributed by atoms with van der Waals surface area (Å²) in [5.41, 5.74) is 2.80. The molecular formula is C20H19N3O3. The number of benzene rings is 1. The third kappa shape index (κ3) is 2.94. The van der Waals surface area contributed by atoms with Crippen molar-refractivity contribution in [2.24, 2.45) is 0 Å². The number of carbonyl (C=O) groups is 1. The number of aryl methyl sites for hydroxylation is 1. The van der Waals surface area contributed by atoms with E-state index in [0.29, 0.717) is 31.0 Å². The minimum absolute atomic E-state index is 0.0488. The first-order valence-electron chi connectivity index (χ1n) is 8.50. The van der Waals surface area contributed by atoms with Crippen LogP contribution in [-0.2, 0) is 17.8 Å². The highest BCUT2D eigenvalue weighted by Crippen LogP contribution is 2.31. The summed E-state index contributed by atoms with van der Waals surface area (Å²) in [6.07, 6.45) is 2.73. The van der Waals surface area contributed by atoms with Gasteiger partial charge in [0.25, 0.3) is 0 Å². The number of furan rings is 1. The highest BCUT2D eigenvalue weighted by atomic mass is 16.5. The van der Waals surface area contributed by atoms with Crippen molar-refractivity contribution >= 4 is 11.7 Å². The Labute approximate surface area is 151 Å². The van der Waals surface area contributed by atoms with E-state index in [0.717, 1.165) is 28.3 Å². The number of fused-ring (bicyclic) bond motifs is 1. The number of hydrogen-bond acceptors (Lipinski definition) is 5. The fourth-order valence-electron chi connectivity index (χ4n) is 3.17. The van der Waals surface area contributed by atoms with Gasteiger partial charge in [0.05, 0.1) is 19.9 Å². The molecule has 0 N–H and O–H groups in total. The summed E-state index contributed by atoms with van der Waals surface area (Å²) in [6, 6.07) is 11.3. The molecule has 1 amide bonds. The second-order valence-corrected chi connectivity index (χ2v) is 6.22. The fourth-order valence-corrected chi connectivity index (χ4v) is 3.17. The van der Waals surface area contributed by atoms with Crippen LogP contribution in [0.3, 0.4) is 0 Å². The maximum absolute atomic E-state index is 12.5. The van der Waals surface area contributed by atoms with E-state index in [-0.39, 0.29) is 5.91 Å². The third-order valence-corrected chi connectivity index (χ3v) is 4.58. The molecule has 0 spiro atoms. The average molecular weight is 349 g/mol. The second-order valence-electron chi connectivity index (χ2n) is 6.22. The van der Waals surface area contributed by atoms with Crippen molar-refractivity contribution in [2.75, 3.05) is 12.0 Å². The number of carbonyl (C=O) groups excluding carboxylic acids is 1. The van der Waals surface area contributed by atoms with Gasteiger partial charge < -0.3 is 9.15 Å². The zero-order valence-corrected chi connectivity index (χ0v) is 14.7. The smallest absolute Gasteiger partial charge is 0.228 e. The lowest BCUT2D eigenvalue weighted by atomic mass is 10.0. The molecule has 0 radical (unpaired) electrons. The highest BCUT2D eigenvalue weighted by molar-refractivity contribution is 5.95. The molecule has 0 bridgehead atoms. The van der Waals surface area contributed by atoms with Crippen molar-refractivity contribution < 1.29 is 13.9 Å². The standard InChI is InChI=1S/C20H19N3O3/c1-13-17-9-10-18(24)23(12-16-4-3-11-26-16)20(17)22-19(21-13)14-5-7-15(25-2)8-6-14/h3-8,11H,9-10,12H2,1-2H3. The molecule has 3 aromatic rings. The van der Waals surface area contributed by atoms with Gasteiger partial charge in [0.15, 0.2) is 5.82 Å². The molecule has 2 aromatic heterocycles. The number of hydrogen-bond donors (Lipinski definition) is 0. The zero-order chi connectivity index (χ0) is 18.1. The van der Waals surface area contributed by atoms with Crippen LogP contribution in [0.5, 0.6) is 5.75 Å². The highest BCUT2D eigenvalue weighted by Gasteiger charge is 2.29. The first-order valence-corrected chi connectivity index (χ1v) is 8.50. The number of methoxy groups -OCH3 is 1. The fraction of sp³-hybridized carbons (Fsp3) is 0.250. The normalized spacial score (nSPS) is 13.6. The van der Waals surface area contributed by atoms with Gasteiger partial charge in [0.1, 0.15) is 17.3 Å². The van der Waals surface area contributed by atoms with Crippen molar-refractivity contribution in [3.8, 4) is 17.1 Å². The van der Waals surface area contributed by atoms with Crippen molar-refractivity contribution in [3.63, 3.8) is 0 Å². The van der Waals surface area contributed by atoms with Crippen molar-refractivity contribution in [1.82, 2.24) is 9.97 Å². The Bertz CT molecular complexity index is 934. The van der Waals surface area contributed by atoms with Gasteiger partial charge in [0.2, 0.25) is 5.91 Å². The Kier molecular flexibility index (Phi) is 4.16. The molecule has 4 rings (SSSR count). The Morgan fingerprint density at radius 1 is 1.15 bits per heavy atom. The monoisotopic (exact) mass is 349 g/mol. The predicted octanol–water partition coefficient (Wildman–Crippen LogP) is 3.53.